The van der Waals surface area contributed by atoms with E-state index in [-0.39, 0.29) is 12.1 Å². The van der Waals surface area contributed by atoms with Gasteiger partial charge in [0.1, 0.15) is 12.4 Å². The topological polar surface area (TPSA) is 61.2 Å². The van der Waals surface area contributed by atoms with Crippen LogP contribution in [0.25, 0.3) is 22.3 Å². The summed E-state index contributed by atoms with van der Waals surface area (Å²) in [6, 6.07) is 14.8. The lowest BCUT2D eigenvalue weighted by Crippen LogP contribution is -2.27. The van der Waals surface area contributed by atoms with Gasteiger partial charge in [-0.05, 0) is 25.1 Å². The van der Waals surface area contributed by atoms with Gasteiger partial charge < -0.3 is 4.74 Å². The first-order valence-electron chi connectivity index (χ1n) is 7.23. The van der Waals surface area contributed by atoms with Gasteiger partial charge in [0.25, 0.3) is 5.56 Å². The Morgan fingerprint density at radius 1 is 1.17 bits per heavy atom. The molecule has 0 radical (unpaired) electrons. The van der Waals surface area contributed by atoms with Gasteiger partial charge in [-0.25, -0.2) is 4.98 Å². The van der Waals surface area contributed by atoms with Crippen molar-refractivity contribution in [1.29, 1.82) is 0 Å². The van der Waals surface area contributed by atoms with Gasteiger partial charge in [-0.2, -0.15) is 0 Å². The third-order valence-corrected chi connectivity index (χ3v) is 3.65. The van der Waals surface area contributed by atoms with Crippen molar-refractivity contribution < 1.29 is 9.53 Å². The Morgan fingerprint density at radius 3 is 2.70 bits per heavy atom. The van der Waals surface area contributed by atoms with E-state index in [1.165, 1.54) is 11.7 Å². The van der Waals surface area contributed by atoms with E-state index in [4.69, 9.17) is 4.74 Å². The second kappa shape index (κ2) is 6.04. The van der Waals surface area contributed by atoms with E-state index in [0.717, 1.165) is 11.1 Å². The molecular weight excluding hydrogens is 292 g/mol. The second-order valence-electron chi connectivity index (χ2n) is 5.29. The summed E-state index contributed by atoms with van der Waals surface area (Å²) in [5.41, 5.74) is 2.19. The molecule has 0 atom stereocenters. The smallest absolute Gasteiger partial charge is 0.325 e. The van der Waals surface area contributed by atoms with Crippen LogP contribution in [0.3, 0.4) is 0 Å². The van der Waals surface area contributed by atoms with Gasteiger partial charge in [0.2, 0.25) is 0 Å². The molecule has 0 N–H and O–H groups in total. The van der Waals surface area contributed by atoms with Gasteiger partial charge in [0.15, 0.2) is 0 Å². The number of hydrogen-bond acceptors (Lipinski definition) is 4. The predicted octanol–water partition coefficient (Wildman–Crippen LogP) is 2.54. The molecule has 0 aliphatic heterocycles. The van der Waals surface area contributed by atoms with Gasteiger partial charge in [0.05, 0.1) is 18.0 Å². The minimum atomic E-state index is -0.488. The molecule has 0 aliphatic rings. The van der Waals surface area contributed by atoms with E-state index in [1.54, 1.807) is 18.2 Å². The third kappa shape index (κ3) is 2.85. The van der Waals surface area contributed by atoms with Crippen LogP contribution < -0.4 is 5.56 Å². The van der Waals surface area contributed by atoms with E-state index in [2.05, 4.69) is 4.98 Å². The Hall–Kier alpha value is -2.95. The number of fused-ring (bicyclic) bond motifs is 1. The average Bonchev–Trinajstić information content (AvgIpc) is 2.57. The zero-order valence-corrected chi connectivity index (χ0v) is 12.9. The molecule has 0 fully saturated rings. The van der Waals surface area contributed by atoms with E-state index in [1.807, 2.05) is 37.3 Å². The van der Waals surface area contributed by atoms with Crippen LogP contribution in [0.4, 0.5) is 0 Å². The lowest BCUT2D eigenvalue weighted by molar-refractivity contribution is -0.141. The van der Waals surface area contributed by atoms with Crippen LogP contribution in [0, 0.1) is 6.92 Å². The molecule has 5 nitrogen and oxygen atoms in total. The fraction of sp³-hybridized carbons (Fsp3) is 0.167. The zero-order chi connectivity index (χ0) is 16.4. The molecule has 5 heteroatoms. The monoisotopic (exact) mass is 308 g/mol. The van der Waals surface area contributed by atoms with E-state index in [0.29, 0.717) is 16.7 Å². The third-order valence-electron chi connectivity index (χ3n) is 3.65. The highest BCUT2D eigenvalue weighted by Gasteiger charge is 2.15. The van der Waals surface area contributed by atoms with Crippen molar-refractivity contribution in [3.8, 4) is 11.4 Å². The molecule has 116 valence electrons. The minimum Gasteiger partial charge on any atom is -0.468 e. The Morgan fingerprint density at radius 2 is 1.96 bits per heavy atom. The first kappa shape index (κ1) is 15.0. The summed E-state index contributed by atoms with van der Waals surface area (Å²) < 4.78 is 6.07. The summed E-state index contributed by atoms with van der Waals surface area (Å²) in [6.07, 6.45) is 0. The minimum absolute atomic E-state index is 0.170. The highest BCUT2D eigenvalue weighted by Crippen LogP contribution is 2.20. The summed E-state index contributed by atoms with van der Waals surface area (Å²) in [4.78, 5) is 29.1. The van der Waals surface area contributed by atoms with Crippen molar-refractivity contribution in [3.63, 3.8) is 0 Å². The summed E-state index contributed by atoms with van der Waals surface area (Å²) in [6.45, 7) is 1.80. The predicted molar refractivity (Wildman–Crippen MR) is 88.2 cm³/mol. The lowest BCUT2D eigenvalue weighted by atomic mass is 10.1. The number of methoxy groups -OCH3 is 1. The van der Waals surface area contributed by atoms with Crippen molar-refractivity contribution in [2.45, 2.75) is 13.5 Å². The molecule has 0 aliphatic carbocycles. The largest absolute Gasteiger partial charge is 0.468 e. The Bertz CT molecular complexity index is 944. The molecule has 0 amide bonds. The average molecular weight is 308 g/mol. The Labute approximate surface area is 133 Å². The van der Waals surface area contributed by atoms with Gasteiger partial charge in [0, 0.05) is 5.56 Å². The molecular formula is C18H16N2O3. The number of rotatable bonds is 3. The van der Waals surface area contributed by atoms with Gasteiger partial charge >= 0.3 is 5.97 Å². The number of hydrogen-bond donors (Lipinski definition) is 0. The van der Waals surface area contributed by atoms with Crippen LogP contribution in [0.2, 0.25) is 0 Å². The Balaban J connectivity index is 2.31. The van der Waals surface area contributed by atoms with E-state index >= 15 is 0 Å². The van der Waals surface area contributed by atoms with E-state index < -0.39 is 5.97 Å². The molecule has 0 saturated carbocycles. The molecule has 3 rings (SSSR count). The van der Waals surface area contributed by atoms with Crippen molar-refractivity contribution in [2.75, 3.05) is 7.11 Å². The maximum absolute atomic E-state index is 12.8. The summed E-state index contributed by atoms with van der Waals surface area (Å²) in [7, 11) is 1.30. The van der Waals surface area contributed by atoms with Crippen molar-refractivity contribution in [2.24, 2.45) is 0 Å². The van der Waals surface area contributed by atoms with Crippen LogP contribution >= 0.6 is 0 Å². The Kier molecular flexibility index (Phi) is 3.93. The number of carbonyl (C=O) groups excluding carboxylic acids is 1. The van der Waals surface area contributed by atoms with Crippen LogP contribution in [-0.4, -0.2) is 22.6 Å². The number of esters is 1. The van der Waals surface area contributed by atoms with Crippen LogP contribution in [0.5, 0.6) is 0 Å². The molecule has 1 heterocycles. The van der Waals surface area contributed by atoms with Gasteiger partial charge in [-0.3, -0.25) is 14.2 Å². The summed E-state index contributed by atoms with van der Waals surface area (Å²) in [5.74, 6) is -0.0270. The molecule has 0 spiro atoms. The van der Waals surface area contributed by atoms with Gasteiger partial charge in [-0.1, -0.05) is 35.9 Å². The lowest BCUT2D eigenvalue weighted by Gasteiger charge is -2.13. The van der Waals surface area contributed by atoms with E-state index in [9.17, 15) is 9.59 Å². The normalized spacial score (nSPS) is 10.7. The molecule has 0 unspecified atom stereocenters. The number of carbonyl (C=O) groups is 1. The summed E-state index contributed by atoms with van der Waals surface area (Å²) >= 11 is 0. The standard InChI is InChI=1S/C18H16N2O3/c1-12-6-5-7-13(10-12)17-19-15-9-4-3-8-14(15)18(22)20(17)11-16(21)23-2/h3-10H,11H2,1-2H3. The number of para-hydroxylation sites is 1. The molecule has 2 aromatic carbocycles. The van der Waals surface area contributed by atoms with Crippen molar-refractivity contribution in [1.82, 2.24) is 9.55 Å². The molecule has 1 aromatic heterocycles. The number of nitrogens with zero attached hydrogens (tertiary/aromatic N) is 2. The first-order chi connectivity index (χ1) is 11.1. The SMILES string of the molecule is COC(=O)Cn1c(-c2cccc(C)c2)nc2ccccc2c1=O. The highest BCUT2D eigenvalue weighted by molar-refractivity contribution is 5.80. The highest BCUT2D eigenvalue weighted by atomic mass is 16.5. The number of aromatic nitrogens is 2. The zero-order valence-electron chi connectivity index (χ0n) is 12.9. The molecule has 0 bridgehead atoms. The number of aryl methyl sites for hydroxylation is 1. The van der Waals surface area contributed by atoms with Crippen molar-refractivity contribution in [3.05, 3.63) is 64.4 Å². The van der Waals surface area contributed by atoms with Crippen LogP contribution in [-0.2, 0) is 16.1 Å². The maximum Gasteiger partial charge on any atom is 0.325 e. The fourth-order valence-corrected chi connectivity index (χ4v) is 2.51. The second-order valence-corrected chi connectivity index (χ2v) is 5.29. The maximum atomic E-state index is 12.8. The molecule has 0 saturated heterocycles. The number of benzene rings is 2. The number of ether oxygens (including phenoxy) is 1. The molecule has 23 heavy (non-hydrogen) atoms. The van der Waals surface area contributed by atoms with Gasteiger partial charge in [-0.15, -0.1) is 0 Å². The first-order valence-corrected chi connectivity index (χ1v) is 7.23. The molecule has 3 aromatic rings. The quantitative estimate of drug-likeness (QED) is 0.698. The fourth-order valence-electron chi connectivity index (χ4n) is 2.51. The van der Waals surface area contributed by atoms with Crippen LogP contribution in [0.15, 0.2) is 53.3 Å². The van der Waals surface area contributed by atoms with Crippen molar-refractivity contribution >= 4 is 16.9 Å². The summed E-state index contributed by atoms with van der Waals surface area (Å²) in [5, 5.41) is 0.479. The van der Waals surface area contributed by atoms with Crippen LogP contribution in [0.1, 0.15) is 5.56 Å².